The van der Waals surface area contributed by atoms with E-state index >= 15 is 0 Å². The van der Waals surface area contributed by atoms with Gasteiger partial charge < -0.3 is 5.73 Å². The van der Waals surface area contributed by atoms with E-state index in [-0.39, 0.29) is 11.2 Å². The molecule has 2 N–H and O–H groups in total. The number of para-hydroxylation sites is 1. The van der Waals surface area contributed by atoms with Gasteiger partial charge in [-0.05, 0) is 12.1 Å². The lowest BCUT2D eigenvalue weighted by Gasteiger charge is -1.94. The van der Waals surface area contributed by atoms with E-state index in [1.165, 1.54) is 17.5 Å². The second-order valence-electron chi connectivity index (χ2n) is 3.21. The number of nitrogens with two attached hydrogens (primary N) is 1. The molecule has 5 heteroatoms. The average molecular weight is 217 g/mol. The number of benzene rings is 1. The second kappa shape index (κ2) is 2.80. The van der Waals surface area contributed by atoms with Crippen LogP contribution in [-0.2, 0) is 0 Å². The first kappa shape index (κ1) is 8.43. The van der Waals surface area contributed by atoms with E-state index in [1.54, 1.807) is 4.40 Å². The van der Waals surface area contributed by atoms with Gasteiger partial charge in [0.05, 0.1) is 16.4 Å². The highest BCUT2D eigenvalue weighted by atomic mass is 32.1. The lowest BCUT2D eigenvalue weighted by molar-refractivity contribution is 1.12. The molecular weight excluding hydrogens is 210 g/mol. The van der Waals surface area contributed by atoms with Crippen LogP contribution in [0, 0.1) is 0 Å². The van der Waals surface area contributed by atoms with Crippen molar-refractivity contribution in [2.75, 3.05) is 5.73 Å². The van der Waals surface area contributed by atoms with Crippen molar-refractivity contribution in [3.8, 4) is 0 Å². The minimum atomic E-state index is -0.197. The molecule has 3 aromatic rings. The summed E-state index contributed by atoms with van der Waals surface area (Å²) in [4.78, 5) is 16.6. The van der Waals surface area contributed by atoms with Crippen molar-refractivity contribution in [2.45, 2.75) is 0 Å². The highest BCUT2D eigenvalue weighted by molar-refractivity contribution is 7.23. The average Bonchev–Trinajstić information content (AvgIpc) is 2.62. The van der Waals surface area contributed by atoms with E-state index in [2.05, 4.69) is 4.98 Å². The Labute approximate surface area is 88.6 Å². The zero-order valence-corrected chi connectivity index (χ0v) is 8.49. The lowest BCUT2D eigenvalue weighted by Crippen LogP contribution is -2.16. The van der Waals surface area contributed by atoms with Crippen molar-refractivity contribution in [3.63, 3.8) is 0 Å². The van der Waals surface area contributed by atoms with Gasteiger partial charge in [0.2, 0.25) is 0 Å². The Morgan fingerprint density at radius 3 is 3.00 bits per heavy atom. The molecule has 0 aliphatic rings. The Morgan fingerprint density at radius 2 is 2.13 bits per heavy atom. The number of hydrogen-bond donors (Lipinski definition) is 1. The summed E-state index contributed by atoms with van der Waals surface area (Å²) in [6, 6.07) is 7.68. The maximum absolute atomic E-state index is 11.8. The van der Waals surface area contributed by atoms with E-state index < -0.39 is 0 Å². The van der Waals surface area contributed by atoms with Crippen LogP contribution < -0.4 is 11.3 Å². The van der Waals surface area contributed by atoms with Crippen LogP contribution in [0.15, 0.2) is 35.3 Å². The molecule has 0 spiro atoms. The van der Waals surface area contributed by atoms with Gasteiger partial charge in [-0.15, -0.1) is 0 Å². The fraction of sp³-hybridized carbons (Fsp3) is 0. The zero-order valence-electron chi connectivity index (χ0n) is 7.68. The number of aromatic nitrogens is 2. The number of fused-ring (bicyclic) bond motifs is 3. The van der Waals surface area contributed by atoms with Gasteiger partial charge in [-0.3, -0.25) is 4.79 Å². The molecule has 74 valence electrons. The molecule has 0 saturated heterocycles. The molecule has 0 amide bonds. The molecule has 2 heterocycles. The van der Waals surface area contributed by atoms with Crippen molar-refractivity contribution in [3.05, 3.63) is 40.8 Å². The fourth-order valence-corrected chi connectivity index (χ4v) is 2.55. The van der Waals surface area contributed by atoms with Crippen LogP contribution in [0.2, 0.25) is 0 Å². The van der Waals surface area contributed by atoms with E-state index in [4.69, 9.17) is 5.73 Å². The van der Waals surface area contributed by atoms with E-state index in [0.29, 0.717) is 4.96 Å². The molecule has 0 fully saturated rings. The second-order valence-corrected chi connectivity index (χ2v) is 4.22. The van der Waals surface area contributed by atoms with Gasteiger partial charge in [0.15, 0.2) is 4.96 Å². The van der Waals surface area contributed by atoms with E-state index in [1.807, 2.05) is 24.3 Å². The lowest BCUT2D eigenvalue weighted by atomic mass is 10.3. The molecule has 2 aromatic heterocycles. The Hall–Kier alpha value is -1.88. The van der Waals surface area contributed by atoms with Crippen molar-refractivity contribution in [1.29, 1.82) is 0 Å². The predicted molar refractivity (Wildman–Crippen MR) is 61.3 cm³/mol. The molecular formula is C10H7N3OS. The predicted octanol–water partition coefficient (Wildman–Crippen LogP) is 1.49. The summed E-state index contributed by atoms with van der Waals surface area (Å²) in [5.41, 5.74) is 6.39. The number of rotatable bonds is 0. The van der Waals surface area contributed by atoms with Crippen molar-refractivity contribution < 1.29 is 0 Å². The van der Waals surface area contributed by atoms with Crippen LogP contribution in [-0.4, -0.2) is 9.38 Å². The SMILES string of the molecule is Nc1cnc2sc3ccccc3n2c1=O. The molecule has 0 unspecified atom stereocenters. The largest absolute Gasteiger partial charge is 0.393 e. The Balaban J connectivity index is 2.69. The van der Waals surface area contributed by atoms with E-state index in [9.17, 15) is 4.79 Å². The topological polar surface area (TPSA) is 60.4 Å². The smallest absolute Gasteiger partial charge is 0.282 e. The third-order valence-electron chi connectivity index (χ3n) is 2.26. The van der Waals surface area contributed by atoms with Crippen LogP contribution in [0.4, 0.5) is 5.69 Å². The molecule has 15 heavy (non-hydrogen) atoms. The highest BCUT2D eigenvalue weighted by Crippen LogP contribution is 2.23. The van der Waals surface area contributed by atoms with Crippen molar-refractivity contribution >= 4 is 32.2 Å². The molecule has 0 atom stereocenters. The third-order valence-corrected chi connectivity index (χ3v) is 3.30. The summed E-state index contributed by atoms with van der Waals surface area (Å²) in [5.74, 6) is 0. The maximum Gasteiger partial charge on any atom is 0.282 e. The third kappa shape index (κ3) is 1.07. The first-order valence-electron chi connectivity index (χ1n) is 4.42. The van der Waals surface area contributed by atoms with Crippen LogP contribution in [0.3, 0.4) is 0 Å². The summed E-state index contributed by atoms with van der Waals surface area (Å²) in [6.07, 6.45) is 1.41. The monoisotopic (exact) mass is 217 g/mol. The Morgan fingerprint density at radius 1 is 1.33 bits per heavy atom. The van der Waals surface area contributed by atoms with Crippen molar-refractivity contribution in [1.82, 2.24) is 9.38 Å². The van der Waals surface area contributed by atoms with Gasteiger partial charge in [0.25, 0.3) is 5.56 Å². The number of nitrogen functional groups attached to an aromatic ring is 1. The normalized spacial score (nSPS) is 11.2. The van der Waals surface area contributed by atoms with Gasteiger partial charge in [-0.1, -0.05) is 23.5 Å². The Bertz CT molecular complexity index is 713. The number of anilines is 1. The zero-order chi connectivity index (χ0) is 10.4. The number of thiazole rings is 1. The van der Waals surface area contributed by atoms with Crippen LogP contribution >= 0.6 is 11.3 Å². The molecule has 0 aliphatic carbocycles. The fourth-order valence-electron chi connectivity index (χ4n) is 1.56. The summed E-state index contributed by atoms with van der Waals surface area (Å²) >= 11 is 1.48. The van der Waals surface area contributed by atoms with Crippen LogP contribution in [0.5, 0.6) is 0 Å². The molecule has 0 bridgehead atoms. The molecule has 1 aromatic carbocycles. The quantitative estimate of drug-likeness (QED) is 0.620. The summed E-state index contributed by atoms with van der Waals surface area (Å²) in [6.45, 7) is 0. The standard InChI is InChI=1S/C10H7N3OS/c11-6-5-12-10-13(9(6)14)7-3-1-2-4-8(7)15-10/h1-5H,11H2. The molecule has 0 saturated carbocycles. The molecule has 4 nitrogen and oxygen atoms in total. The van der Waals surface area contributed by atoms with Crippen LogP contribution in [0.1, 0.15) is 0 Å². The van der Waals surface area contributed by atoms with Gasteiger partial charge in [-0.2, -0.15) is 0 Å². The number of nitrogens with zero attached hydrogens (tertiary/aromatic N) is 2. The molecule has 0 aliphatic heterocycles. The minimum absolute atomic E-state index is 0.177. The van der Waals surface area contributed by atoms with Gasteiger partial charge in [0.1, 0.15) is 5.69 Å². The number of hydrogen-bond acceptors (Lipinski definition) is 4. The summed E-state index contributed by atoms with van der Waals surface area (Å²) < 4.78 is 2.59. The van der Waals surface area contributed by atoms with E-state index in [0.717, 1.165) is 10.2 Å². The summed E-state index contributed by atoms with van der Waals surface area (Å²) in [7, 11) is 0. The highest BCUT2D eigenvalue weighted by Gasteiger charge is 2.07. The summed E-state index contributed by atoms with van der Waals surface area (Å²) in [5, 5.41) is 0. The van der Waals surface area contributed by atoms with Gasteiger partial charge >= 0.3 is 0 Å². The first-order valence-corrected chi connectivity index (χ1v) is 5.24. The molecule has 3 rings (SSSR count). The first-order chi connectivity index (χ1) is 7.27. The van der Waals surface area contributed by atoms with Crippen molar-refractivity contribution in [2.24, 2.45) is 0 Å². The minimum Gasteiger partial charge on any atom is -0.393 e. The molecule has 0 radical (unpaired) electrons. The van der Waals surface area contributed by atoms with Gasteiger partial charge in [-0.25, -0.2) is 9.38 Å². The van der Waals surface area contributed by atoms with Crippen LogP contribution in [0.25, 0.3) is 15.2 Å². The van der Waals surface area contributed by atoms with Gasteiger partial charge in [0, 0.05) is 0 Å². The maximum atomic E-state index is 11.8. The Kier molecular flexibility index (Phi) is 1.58.